The second kappa shape index (κ2) is 7.23. The van der Waals surface area contributed by atoms with Crippen LogP contribution in [0.5, 0.6) is 11.5 Å². The van der Waals surface area contributed by atoms with Crippen molar-refractivity contribution in [2.45, 2.75) is 32.1 Å². The van der Waals surface area contributed by atoms with Gasteiger partial charge >= 0.3 is 0 Å². The van der Waals surface area contributed by atoms with Crippen LogP contribution in [-0.4, -0.2) is 10.8 Å². The van der Waals surface area contributed by atoms with Gasteiger partial charge in [-0.25, -0.2) is 0 Å². The van der Waals surface area contributed by atoms with Crippen LogP contribution in [0, 0.1) is 16.0 Å². The van der Waals surface area contributed by atoms with Gasteiger partial charge in [0, 0.05) is 23.1 Å². The molecule has 0 unspecified atom stereocenters. The molecule has 2 aromatic rings. The largest absolute Gasteiger partial charge is 0.456 e. The van der Waals surface area contributed by atoms with Crippen molar-refractivity contribution in [1.29, 1.82) is 0 Å². The fraction of sp³-hybridized carbons (Fsp3) is 0.286. The van der Waals surface area contributed by atoms with E-state index in [1.165, 1.54) is 12.1 Å². The minimum absolute atomic E-state index is 0.0402. The molecule has 2 aromatic carbocycles. The Bertz CT molecular complexity index is 930. The molecular formula is C21H20N2O4. The number of amides is 1. The van der Waals surface area contributed by atoms with Crippen LogP contribution in [-0.2, 0) is 4.79 Å². The third kappa shape index (κ3) is 3.56. The summed E-state index contributed by atoms with van der Waals surface area (Å²) < 4.78 is 5.94. The first-order chi connectivity index (χ1) is 13.1. The lowest BCUT2D eigenvalue weighted by atomic mass is 9.88. The number of nitrogens with zero attached hydrogens (tertiary/aromatic N) is 1. The summed E-state index contributed by atoms with van der Waals surface area (Å²) in [5.41, 5.74) is 1.82. The van der Waals surface area contributed by atoms with Crippen molar-refractivity contribution in [3.05, 3.63) is 57.6 Å². The van der Waals surface area contributed by atoms with Crippen LogP contribution in [0.1, 0.15) is 43.2 Å². The van der Waals surface area contributed by atoms with E-state index in [-0.39, 0.29) is 17.5 Å². The van der Waals surface area contributed by atoms with Crippen LogP contribution in [0.3, 0.4) is 0 Å². The Hall–Kier alpha value is -3.15. The van der Waals surface area contributed by atoms with Crippen molar-refractivity contribution in [2.24, 2.45) is 5.92 Å². The summed E-state index contributed by atoms with van der Waals surface area (Å²) in [7, 11) is 0. The number of nitrogens with one attached hydrogen (secondary N) is 1. The van der Waals surface area contributed by atoms with Crippen LogP contribution in [0.25, 0.3) is 12.2 Å². The summed E-state index contributed by atoms with van der Waals surface area (Å²) in [6.07, 6.45) is 8.70. The lowest BCUT2D eigenvalue weighted by molar-refractivity contribution is -0.384. The van der Waals surface area contributed by atoms with Gasteiger partial charge in [-0.05, 0) is 25.0 Å². The summed E-state index contributed by atoms with van der Waals surface area (Å²) >= 11 is 0. The van der Waals surface area contributed by atoms with Crippen molar-refractivity contribution in [2.75, 3.05) is 5.32 Å². The van der Waals surface area contributed by atoms with E-state index in [1.807, 2.05) is 36.4 Å². The highest BCUT2D eigenvalue weighted by Gasteiger charge is 2.25. The summed E-state index contributed by atoms with van der Waals surface area (Å²) in [4.78, 5) is 23.6. The standard InChI is InChI=1S/C21H20N2O4/c24-21(15-7-2-1-3-8-15)22-18-12-16(23(25)26)13-20-17(18)11-10-14-6-4-5-9-19(14)27-20/h4-6,9-13,15H,1-3,7-8H2,(H,22,24). The molecule has 0 spiro atoms. The number of ether oxygens (including phenoxy) is 1. The fourth-order valence-corrected chi connectivity index (χ4v) is 3.68. The third-order valence-electron chi connectivity index (χ3n) is 5.14. The molecule has 4 rings (SSSR count). The van der Waals surface area contributed by atoms with E-state index < -0.39 is 4.92 Å². The van der Waals surface area contributed by atoms with Crippen LogP contribution in [0.4, 0.5) is 11.4 Å². The Morgan fingerprint density at radius 2 is 1.85 bits per heavy atom. The lowest BCUT2D eigenvalue weighted by Crippen LogP contribution is -2.25. The Balaban J connectivity index is 1.72. The molecule has 2 aliphatic rings. The van der Waals surface area contributed by atoms with E-state index in [2.05, 4.69) is 5.32 Å². The molecule has 0 saturated heterocycles. The van der Waals surface area contributed by atoms with E-state index in [0.717, 1.165) is 37.7 Å². The number of anilines is 1. The molecule has 6 nitrogen and oxygen atoms in total. The van der Waals surface area contributed by atoms with Crippen LogP contribution >= 0.6 is 0 Å². The van der Waals surface area contributed by atoms with Crippen molar-refractivity contribution in [3.8, 4) is 11.5 Å². The zero-order chi connectivity index (χ0) is 18.8. The van der Waals surface area contributed by atoms with Crippen molar-refractivity contribution in [3.63, 3.8) is 0 Å². The molecule has 27 heavy (non-hydrogen) atoms. The minimum Gasteiger partial charge on any atom is -0.456 e. The second-order valence-electron chi connectivity index (χ2n) is 6.96. The monoisotopic (exact) mass is 364 g/mol. The quantitative estimate of drug-likeness (QED) is 0.499. The number of benzene rings is 2. The molecule has 1 fully saturated rings. The number of non-ortho nitro benzene ring substituents is 1. The number of para-hydroxylation sites is 1. The van der Waals surface area contributed by atoms with Gasteiger partial charge < -0.3 is 10.1 Å². The first kappa shape index (κ1) is 17.3. The first-order valence-corrected chi connectivity index (χ1v) is 9.20. The van der Waals surface area contributed by atoms with Crippen molar-refractivity contribution in [1.82, 2.24) is 0 Å². The zero-order valence-electron chi connectivity index (χ0n) is 14.8. The maximum atomic E-state index is 12.7. The van der Waals surface area contributed by atoms with Gasteiger partial charge in [0.25, 0.3) is 5.69 Å². The number of fused-ring (bicyclic) bond motifs is 2. The highest BCUT2D eigenvalue weighted by Crippen LogP contribution is 2.40. The molecule has 0 atom stereocenters. The Morgan fingerprint density at radius 3 is 2.63 bits per heavy atom. The average Bonchev–Trinajstić information content (AvgIpc) is 2.87. The van der Waals surface area contributed by atoms with E-state index in [1.54, 1.807) is 0 Å². The molecule has 1 heterocycles. The molecule has 1 aliphatic heterocycles. The number of rotatable bonds is 3. The minimum atomic E-state index is -0.472. The molecule has 0 bridgehead atoms. The summed E-state index contributed by atoms with van der Waals surface area (Å²) in [6.45, 7) is 0. The number of carbonyl (C=O) groups excluding carboxylic acids is 1. The maximum Gasteiger partial charge on any atom is 0.275 e. The molecule has 1 saturated carbocycles. The van der Waals surface area contributed by atoms with Gasteiger partial charge in [0.1, 0.15) is 11.5 Å². The van der Waals surface area contributed by atoms with E-state index >= 15 is 0 Å². The van der Waals surface area contributed by atoms with Gasteiger partial charge in [0.15, 0.2) is 0 Å². The number of hydrogen-bond acceptors (Lipinski definition) is 4. The Morgan fingerprint density at radius 1 is 1.07 bits per heavy atom. The topological polar surface area (TPSA) is 81.5 Å². The van der Waals surface area contributed by atoms with Gasteiger partial charge in [0.2, 0.25) is 5.91 Å². The molecular weight excluding hydrogens is 344 g/mol. The third-order valence-corrected chi connectivity index (χ3v) is 5.14. The normalized spacial score (nSPS) is 15.9. The molecule has 1 aliphatic carbocycles. The molecule has 6 heteroatoms. The molecule has 0 aromatic heterocycles. The maximum absolute atomic E-state index is 12.7. The summed E-state index contributed by atoms with van der Waals surface area (Å²) in [5.74, 6) is 0.871. The van der Waals surface area contributed by atoms with Gasteiger partial charge in [-0.15, -0.1) is 0 Å². The van der Waals surface area contributed by atoms with Crippen molar-refractivity contribution >= 4 is 29.4 Å². The van der Waals surface area contributed by atoms with Gasteiger partial charge in [0.05, 0.1) is 16.7 Å². The molecule has 0 radical (unpaired) electrons. The van der Waals surface area contributed by atoms with Crippen LogP contribution in [0.2, 0.25) is 0 Å². The van der Waals surface area contributed by atoms with Crippen LogP contribution in [0.15, 0.2) is 36.4 Å². The molecule has 1 N–H and O–H groups in total. The SMILES string of the molecule is O=C(Nc1cc([N+](=O)[O-])cc2c1C=Cc1ccccc1O2)C1CCCCC1. The van der Waals surface area contributed by atoms with E-state index in [9.17, 15) is 14.9 Å². The molecule has 1 amide bonds. The second-order valence-corrected chi connectivity index (χ2v) is 6.96. The van der Waals surface area contributed by atoms with E-state index in [4.69, 9.17) is 4.74 Å². The average molecular weight is 364 g/mol. The molecule has 138 valence electrons. The predicted octanol–water partition coefficient (Wildman–Crippen LogP) is 5.39. The Labute approximate surface area is 157 Å². The summed E-state index contributed by atoms with van der Waals surface area (Å²) in [6, 6.07) is 10.3. The zero-order valence-corrected chi connectivity index (χ0v) is 14.8. The lowest BCUT2D eigenvalue weighted by Gasteiger charge is -2.21. The highest BCUT2D eigenvalue weighted by molar-refractivity contribution is 5.97. The van der Waals surface area contributed by atoms with E-state index in [0.29, 0.717) is 22.7 Å². The van der Waals surface area contributed by atoms with Gasteiger partial charge in [-0.3, -0.25) is 14.9 Å². The van der Waals surface area contributed by atoms with Crippen LogP contribution < -0.4 is 10.1 Å². The van der Waals surface area contributed by atoms with Gasteiger partial charge in [-0.2, -0.15) is 0 Å². The first-order valence-electron chi connectivity index (χ1n) is 9.20. The number of carbonyl (C=O) groups is 1. The number of nitro groups is 1. The summed E-state index contributed by atoms with van der Waals surface area (Å²) in [5, 5.41) is 14.3. The number of nitro benzene ring substituents is 1. The Kier molecular flexibility index (Phi) is 4.62. The van der Waals surface area contributed by atoms with Crippen molar-refractivity contribution < 1.29 is 14.5 Å². The number of hydrogen-bond donors (Lipinski definition) is 1. The highest BCUT2D eigenvalue weighted by atomic mass is 16.6. The smallest absolute Gasteiger partial charge is 0.275 e. The predicted molar refractivity (Wildman–Crippen MR) is 104 cm³/mol. The fourth-order valence-electron chi connectivity index (χ4n) is 3.68. The van der Waals surface area contributed by atoms with Gasteiger partial charge in [-0.1, -0.05) is 43.5 Å².